The Bertz CT molecular complexity index is 566. The van der Waals surface area contributed by atoms with Crippen LogP contribution in [0, 0.1) is 0 Å². The fourth-order valence-corrected chi connectivity index (χ4v) is 1.88. The van der Waals surface area contributed by atoms with Crippen molar-refractivity contribution in [3.63, 3.8) is 0 Å². The van der Waals surface area contributed by atoms with E-state index < -0.39 is 21.3 Å². The Morgan fingerprint density at radius 3 is 2.33 bits per heavy atom. The first-order chi connectivity index (χ1) is 9.49. The SMILES string of the molecule is CC(C)(C)OC(=O)c1cccc(/C=N/[S@@](=O)C(C)(C)C)c1. The molecule has 0 N–H and O–H groups in total. The number of esters is 1. The third-order valence-electron chi connectivity index (χ3n) is 2.34. The predicted molar refractivity (Wildman–Crippen MR) is 87.1 cm³/mol. The zero-order chi connectivity index (χ0) is 16.3. The minimum atomic E-state index is -1.32. The van der Waals surface area contributed by atoms with E-state index in [0.29, 0.717) is 5.56 Å². The van der Waals surface area contributed by atoms with Crippen LogP contribution in [0.1, 0.15) is 57.5 Å². The van der Waals surface area contributed by atoms with Crippen molar-refractivity contribution >= 4 is 23.2 Å². The number of carbonyl (C=O) groups excluding carboxylic acids is 1. The van der Waals surface area contributed by atoms with Gasteiger partial charge < -0.3 is 4.74 Å². The van der Waals surface area contributed by atoms with Gasteiger partial charge >= 0.3 is 5.97 Å². The summed E-state index contributed by atoms with van der Waals surface area (Å²) in [6.45, 7) is 11.0. The molecule has 4 nitrogen and oxygen atoms in total. The van der Waals surface area contributed by atoms with Gasteiger partial charge in [0.15, 0.2) is 0 Å². The summed E-state index contributed by atoms with van der Waals surface area (Å²) in [7, 11) is -1.32. The van der Waals surface area contributed by atoms with Crippen LogP contribution in [0.3, 0.4) is 0 Å². The van der Waals surface area contributed by atoms with Crippen LogP contribution in [-0.2, 0) is 15.7 Å². The predicted octanol–water partition coefficient (Wildman–Crippen LogP) is 3.52. The number of hydrogen-bond donors (Lipinski definition) is 0. The van der Waals surface area contributed by atoms with E-state index in [1.165, 1.54) is 6.21 Å². The normalized spacial score (nSPS) is 14.2. The van der Waals surface area contributed by atoms with Crippen LogP contribution < -0.4 is 0 Å². The lowest BCUT2D eigenvalue weighted by molar-refractivity contribution is 0.00695. The van der Waals surface area contributed by atoms with Crippen molar-refractivity contribution in [1.82, 2.24) is 0 Å². The van der Waals surface area contributed by atoms with Gasteiger partial charge in [0.05, 0.1) is 10.3 Å². The summed E-state index contributed by atoms with van der Waals surface area (Å²) in [4.78, 5) is 12.0. The molecule has 1 aromatic rings. The molecule has 0 aliphatic rings. The first kappa shape index (κ1) is 17.6. The zero-order valence-electron chi connectivity index (χ0n) is 13.5. The van der Waals surface area contributed by atoms with Crippen molar-refractivity contribution in [2.75, 3.05) is 0 Å². The first-order valence-electron chi connectivity index (χ1n) is 6.78. The Morgan fingerprint density at radius 2 is 1.81 bits per heavy atom. The highest BCUT2D eigenvalue weighted by molar-refractivity contribution is 7.85. The second-order valence-electron chi connectivity index (χ2n) is 6.72. The Kier molecular flexibility index (Phi) is 5.45. The fraction of sp³-hybridized carbons (Fsp3) is 0.500. The van der Waals surface area contributed by atoms with E-state index in [0.717, 1.165) is 5.56 Å². The van der Waals surface area contributed by atoms with Gasteiger partial charge in [-0.05, 0) is 59.2 Å². The molecular formula is C16H23NO3S. The molecule has 5 heteroatoms. The van der Waals surface area contributed by atoms with Crippen molar-refractivity contribution in [1.29, 1.82) is 0 Å². The Morgan fingerprint density at radius 1 is 1.19 bits per heavy atom. The molecule has 0 heterocycles. The van der Waals surface area contributed by atoms with Gasteiger partial charge in [-0.3, -0.25) is 0 Å². The van der Waals surface area contributed by atoms with E-state index in [2.05, 4.69) is 4.40 Å². The van der Waals surface area contributed by atoms with Gasteiger partial charge in [0, 0.05) is 6.21 Å². The Balaban J connectivity index is 2.89. The lowest BCUT2D eigenvalue weighted by Crippen LogP contribution is -2.23. The lowest BCUT2D eigenvalue weighted by Gasteiger charge is -2.19. The minimum Gasteiger partial charge on any atom is -0.456 e. The van der Waals surface area contributed by atoms with Gasteiger partial charge in [0.1, 0.15) is 16.6 Å². The number of nitrogens with zero attached hydrogens (tertiary/aromatic N) is 1. The summed E-state index contributed by atoms with van der Waals surface area (Å²) in [5.41, 5.74) is 0.640. The summed E-state index contributed by atoms with van der Waals surface area (Å²) in [5, 5.41) is 0. The molecule has 0 aliphatic heterocycles. The molecular weight excluding hydrogens is 286 g/mol. The van der Waals surface area contributed by atoms with Gasteiger partial charge in [-0.2, -0.15) is 4.40 Å². The van der Waals surface area contributed by atoms with Gasteiger partial charge in [0.25, 0.3) is 0 Å². The van der Waals surface area contributed by atoms with E-state index in [9.17, 15) is 9.00 Å². The minimum absolute atomic E-state index is 0.380. The summed E-state index contributed by atoms with van der Waals surface area (Å²) in [6.07, 6.45) is 1.52. The van der Waals surface area contributed by atoms with Crippen LogP contribution in [0.4, 0.5) is 0 Å². The standard InChI is InChI=1S/C16H23NO3S/c1-15(2,3)20-14(18)13-9-7-8-12(10-13)11-17-21(19)16(4,5)6/h7-11H,1-6H3/b17-11+/t21-/m0/s1. The molecule has 116 valence electrons. The molecule has 0 radical (unpaired) electrons. The summed E-state index contributed by atoms with van der Waals surface area (Å²) in [5.74, 6) is -0.380. The van der Waals surface area contributed by atoms with E-state index in [1.54, 1.807) is 24.3 Å². The van der Waals surface area contributed by atoms with Crippen molar-refractivity contribution < 1.29 is 13.7 Å². The highest BCUT2D eigenvalue weighted by Gasteiger charge is 2.19. The highest BCUT2D eigenvalue weighted by atomic mass is 32.2. The fourth-order valence-electron chi connectivity index (χ4n) is 1.35. The topological polar surface area (TPSA) is 55.7 Å². The quantitative estimate of drug-likeness (QED) is 0.634. The molecule has 0 aromatic heterocycles. The molecule has 0 spiro atoms. The summed E-state index contributed by atoms with van der Waals surface area (Å²) in [6, 6.07) is 6.92. The molecule has 0 saturated carbocycles. The van der Waals surface area contributed by atoms with Crippen molar-refractivity contribution in [2.45, 2.75) is 51.9 Å². The van der Waals surface area contributed by atoms with Crippen molar-refractivity contribution in [3.8, 4) is 0 Å². The van der Waals surface area contributed by atoms with Crippen LogP contribution in [0.25, 0.3) is 0 Å². The molecule has 0 amide bonds. The maximum Gasteiger partial charge on any atom is 0.338 e. The van der Waals surface area contributed by atoms with Crippen LogP contribution >= 0.6 is 0 Å². The Labute approximate surface area is 129 Å². The van der Waals surface area contributed by atoms with E-state index >= 15 is 0 Å². The second-order valence-corrected chi connectivity index (χ2v) is 8.66. The number of benzene rings is 1. The van der Waals surface area contributed by atoms with Gasteiger partial charge in [-0.25, -0.2) is 9.00 Å². The molecule has 1 atom stereocenters. The third-order valence-corrected chi connectivity index (χ3v) is 3.69. The summed E-state index contributed by atoms with van der Waals surface area (Å²) >= 11 is 0. The van der Waals surface area contributed by atoms with Crippen LogP contribution in [-0.4, -0.2) is 26.7 Å². The van der Waals surface area contributed by atoms with Gasteiger partial charge in [-0.15, -0.1) is 0 Å². The lowest BCUT2D eigenvalue weighted by atomic mass is 10.1. The second kappa shape index (κ2) is 6.52. The zero-order valence-corrected chi connectivity index (χ0v) is 14.3. The van der Waals surface area contributed by atoms with Crippen molar-refractivity contribution in [3.05, 3.63) is 35.4 Å². The third kappa shape index (κ3) is 6.21. The maximum atomic E-state index is 12.0. The molecule has 0 saturated heterocycles. The van der Waals surface area contributed by atoms with Gasteiger partial charge in [0.2, 0.25) is 0 Å². The molecule has 0 bridgehead atoms. The van der Waals surface area contributed by atoms with Crippen molar-refractivity contribution in [2.24, 2.45) is 4.40 Å². The number of carbonyl (C=O) groups is 1. The highest BCUT2D eigenvalue weighted by Crippen LogP contribution is 2.14. The van der Waals surface area contributed by atoms with Crippen LogP contribution in [0.2, 0.25) is 0 Å². The average molecular weight is 309 g/mol. The molecule has 1 aromatic carbocycles. The number of rotatable bonds is 3. The number of ether oxygens (including phenoxy) is 1. The van der Waals surface area contributed by atoms with Crippen LogP contribution in [0.15, 0.2) is 28.7 Å². The first-order valence-corrected chi connectivity index (χ1v) is 7.89. The molecule has 1 rings (SSSR count). The smallest absolute Gasteiger partial charge is 0.338 e. The molecule has 21 heavy (non-hydrogen) atoms. The van der Waals surface area contributed by atoms with Crippen LogP contribution in [0.5, 0.6) is 0 Å². The molecule has 0 unspecified atom stereocenters. The summed E-state index contributed by atoms with van der Waals surface area (Å²) < 4.78 is 20.8. The average Bonchev–Trinajstić information content (AvgIpc) is 2.33. The van der Waals surface area contributed by atoms with E-state index in [-0.39, 0.29) is 5.97 Å². The van der Waals surface area contributed by atoms with E-state index in [1.807, 2.05) is 41.5 Å². The maximum absolute atomic E-state index is 12.0. The monoisotopic (exact) mass is 309 g/mol. The van der Waals surface area contributed by atoms with E-state index in [4.69, 9.17) is 4.74 Å². The van der Waals surface area contributed by atoms with Gasteiger partial charge in [-0.1, -0.05) is 12.1 Å². The molecule has 0 fully saturated rings. The Hall–Kier alpha value is -1.49. The number of hydrogen-bond acceptors (Lipinski definition) is 3. The molecule has 0 aliphatic carbocycles. The largest absolute Gasteiger partial charge is 0.456 e.